The number of carbonyl (C=O) groups is 1. The van der Waals surface area contributed by atoms with E-state index in [0.717, 1.165) is 0 Å². The highest BCUT2D eigenvalue weighted by Gasteiger charge is 1.86. The number of hydrogen-bond donors (Lipinski definition) is 2. The van der Waals surface area contributed by atoms with E-state index in [9.17, 15) is 4.79 Å². The van der Waals surface area contributed by atoms with E-state index in [0.29, 0.717) is 0 Å². The van der Waals surface area contributed by atoms with Gasteiger partial charge in [0.25, 0.3) is 0 Å². The van der Waals surface area contributed by atoms with Crippen molar-refractivity contribution in [3.05, 3.63) is 0 Å². The quantitative estimate of drug-likeness (QED) is 0.656. The average Bonchev–Trinajstić information content (AvgIpc) is 1.90. The molecule has 0 saturated heterocycles. The van der Waals surface area contributed by atoms with Crippen molar-refractivity contribution in [2.75, 3.05) is 13.6 Å². The summed E-state index contributed by atoms with van der Waals surface area (Å²) in [6.45, 7) is 4.47. The molecule has 0 aliphatic carbocycles. The van der Waals surface area contributed by atoms with Gasteiger partial charge in [0, 0.05) is 0 Å². The second-order valence-corrected chi connectivity index (χ2v) is 2.28. The third-order valence-corrected chi connectivity index (χ3v) is 1.04. The minimum Gasteiger partial charge on any atom is -0.480 e. The zero-order chi connectivity index (χ0) is 9.11. The molecule has 0 aliphatic rings. The van der Waals surface area contributed by atoms with E-state index in [1.165, 1.54) is 19.3 Å². The number of nitrogens with one attached hydrogen (secondary N) is 1. The summed E-state index contributed by atoms with van der Waals surface area (Å²) >= 11 is 0. The van der Waals surface area contributed by atoms with Gasteiger partial charge in [-0.1, -0.05) is 33.1 Å². The Hall–Kier alpha value is -0.570. The molecule has 0 spiro atoms. The second kappa shape index (κ2) is 12.1. The lowest BCUT2D eigenvalue weighted by atomic mass is 10.3. The molecular formula is C8H19NO2. The van der Waals surface area contributed by atoms with Crippen LogP contribution in [0.25, 0.3) is 0 Å². The van der Waals surface area contributed by atoms with Crippen molar-refractivity contribution in [2.45, 2.75) is 33.1 Å². The van der Waals surface area contributed by atoms with Crippen LogP contribution < -0.4 is 5.32 Å². The van der Waals surface area contributed by atoms with Crippen molar-refractivity contribution < 1.29 is 9.90 Å². The molecule has 68 valence electrons. The van der Waals surface area contributed by atoms with Gasteiger partial charge in [-0.15, -0.1) is 0 Å². The Bertz CT molecular complexity index is 82.2. The van der Waals surface area contributed by atoms with E-state index in [-0.39, 0.29) is 6.54 Å². The first-order valence-corrected chi connectivity index (χ1v) is 4.05. The van der Waals surface area contributed by atoms with E-state index in [1.54, 1.807) is 7.05 Å². The zero-order valence-corrected chi connectivity index (χ0v) is 7.68. The molecule has 2 N–H and O–H groups in total. The maximum Gasteiger partial charge on any atom is 0.317 e. The molecule has 0 aromatic heterocycles. The van der Waals surface area contributed by atoms with Gasteiger partial charge in [-0.25, -0.2) is 0 Å². The first-order valence-electron chi connectivity index (χ1n) is 4.05. The van der Waals surface area contributed by atoms with Gasteiger partial charge in [0.15, 0.2) is 0 Å². The van der Waals surface area contributed by atoms with Crippen molar-refractivity contribution in [1.82, 2.24) is 5.32 Å². The first-order chi connectivity index (χ1) is 5.18. The second-order valence-electron chi connectivity index (χ2n) is 2.28. The van der Waals surface area contributed by atoms with Gasteiger partial charge in [0.2, 0.25) is 0 Å². The van der Waals surface area contributed by atoms with Crippen LogP contribution in [0.1, 0.15) is 33.1 Å². The monoisotopic (exact) mass is 161 g/mol. The fraction of sp³-hybridized carbons (Fsp3) is 0.875. The zero-order valence-electron chi connectivity index (χ0n) is 7.68. The van der Waals surface area contributed by atoms with Gasteiger partial charge in [0.05, 0.1) is 6.54 Å². The first kappa shape index (κ1) is 13.1. The Balaban J connectivity index is 0. The van der Waals surface area contributed by atoms with Crippen LogP contribution in [0.15, 0.2) is 0 Å². The Morgan fingerprint density at radius 3 is 1.82 bits per heavy atom. The van der Waals surface area contributed by atoms with Gasteiger partial charge < -0.3 is 10.4 Å². The number of hydrogen-bond acceptors (Lipinski definition) is 2. The maximum absolute atomic E-state index is 9.54. The Labute approximate surface area is 68.8 Å². The molecule has 0 rings (SSSR count). The summed E-state index contributed by atoms with van der Waals surface area (Å²) in [5.74, 6) is -0.822. The fourth-order valence-electron chi connectivity index (χ4n) is 0.505. The summed E-state index contributed by atoms with van der Waals surface area (Å²) in [6, 6.07) is 0. The maximum atomic E-state index is 9.54. The lowest BCUT2D eigenvalue weighted by Crippen LogP contribution is -2.16. The van der Waals surface area contributed by atoms with Crippen LogP contribution in [0.4, 0.5) is 0 Å². The molecule has 0 aromatic carbocycles. The minimum atomic E-state index is -0.822. The van der Waals surface area contributed by atoms with Crippen molar-refractivity contribution in [1.29, 1.82) is 0 Å². The van der Waals surface area contributed by atoms with Gasteiger partial charge in [-0.2, -0.15) is 0 Å². The Kier molecular flexibility index (Phi) is 14.4. The molecule has 0 fully saturated rings. The molecular weight excluding hydrogens is 142 g/mol. The smallest absolute Gasteiger partial charge is 0.317 e. The molecule has 0 heterocycles. The molecule has 0 aromatic rings. The number of likely N-dealkylation sites (N-methyl/N-ethyl adjacent to an activating group) is 1. The normalized spacial score (nSPS) is 8.27. The molecule has 11 heavy (non-hydrogen) atoms. The van der Waals surface area contributed by atoms with Crippen LogP contribution in [0, 0.1) is 0 Å². The third kappa shape index (κ3) is 26.5. The number of rotatable bonds is 4. The highest BCUT2D eigenvalue weighted by atomic mass is 16.4. The van der Waals surface area contributed by atoms with Gasteiger partial charge in [-0.3, -0.25) is 4.79 Å². The number of carboxylic acids is 1. The summed E-state index contributed by atoms with van der Waals surface area (Å²) in [6.07, 6.45) is 4.08. The van der Waals surface area contributed by atoms with Crippen LogP contribution >= 0.6 is 0 Å². The Morgan fingerprint density at radius 2 is 1.82 bits per heavy atom. The molecule has 0 bridgehead atoms. The fourth-order valence-corrected chi connectivity index (χ4v) is 0.505. The molecule has 0 aliphatic heterocycles. The number of unbranched alkanes of at least 4 members (excludes halogenated alkanes) is 2. The predicted molar refractivity (Wildman–Crippen MR) is 46.8 cm³/mol. The largest absolute Gasteiger partial charge is 0.480 e. The lowest BCUT2D eigenvalue weighted by Gasteiger charge is -1.84. The number of carboxylic acid groups (broad SMARTS) is 1. The molecule has 0 saturated carbocycles. The van der Waals surface area contributed by atoms with Crippen LogP contribution in [-0.2, 0) is 4.79 Å². The average molecular weight is 161 g/mol. The molecule has 3 nitrogen and oxygen atoms in total. The van der Waals surface area contributed by atoms with Crippen LogP contribution in [0.5, 0.6) is 0 Å². The molecule has 0 atom stereocenters. The van der Waals surface area contributed by atoms with Crippen molar-refractivity contribution >= 4 is 5.97 Å². The predicted octanol–water partition coefficient (Wildman–Crippen LogP) is 1.49. The van der Waals surface area contributed by atoms with E-state index in [4.69, 9.17) is 5.11 Å². The molecule has 0 amide bonds. The van der Waals surface area contributed by atoms with Crippen LogP contribution in [-0.4, -0.2) is 24.7 Å². The Morgan fingerprint density at radius 1 is 1.36 bits per heavy atom. The highest BCUT2D eigenvalue weighted by Crippen LogP contribution is 1.88. The van der Waals surface area contributed by atoms with Crippen LogP contribution in [0.3, 0.4) is 0 Å². The summed E-state index contributed by atoms with van der Waals surface area (Å²) in [7, 11) is 1.59. The number of aliphatic carboxylic acids is 1. The lowest BCUT2D eigenvalue weighted by molar-refractivity contribution is -0.135. The topological polar surface area (TPSA) is 49.3 Å². The molecule has 0 unspecified atom stereocenters. The summed E-state index contributed by atoms with van der Waals surface area (Å²) in [4.78, 5) is 9.54. The third-order valence-electron chi connectivity index (χ3n) is 1.04. The van der Waals surface area contributed by atoms with E-state index < -0.39 is 5.97 Å². The van der Waals surface area contributed by atoms with E-state index in [2.05, 4.69) is 19.2 Å². The SMILES string of the molecule is CCCCC.CNCC(=O)O. The van der Waals surface area contributed by atoms with Gasteiger partial charge in [-0.05, 0) is 7.05 Å². The highest BCUT2D eigenvalue weighted by molar-refractivity contribution is 5.68. The van der Waals surface area contributed by atoms with Crippen LogP contribution in [0.2, 0.25) is 0 Å². The van der Waals surface area contributed by atoms with Crippen molar-refractivity contribution in [3.8, 4) is 0 Å². The summed E-state index contributed by atoms with van der Waals surface area (Å²) < 4.78 is 0. The molecule has 0 radical (unpaired) electrons. The van der Waals surface area contributed by atoms with E-state index in [1.807, 2.05) is 0 Å². The standard InChI is InChI=1S/C5H12.C3H7NO2/c1-3-5-4-2;1-4-2-3(5)6/h3-5H2,1-2H3;4H,2H2,1H3,(H,5,6). The van der Waals surface area contributed by atoms with Crippen molar-refractivity contribution in [3.63, 3.8) is 0 Å². The molecule has 3 heteroatoms. The van der Waals surface area contributed by atoms with E-state index >= 15 is 0 Å². The summed E-state index contributed by atoms with van der Waals surface area (Å²) in [5.41, 5.74) is 0. The van der Waals surface area contributed by atoms with Gasteiger partial charge >= 0.3 is 5.97 Å². The van der Waals surface area contributed by atoms with Gasteiger partial charge in [0.1, 0.15) is 0 Å². The summed E-state index contributed by atoms with van der Waals surface area (Å²) in [5, 5.41) is 10.3. The minimum absolute atomic E-state index is 0.0417. The van der Waals surface area contributed by atoms with Crippen molar-refractivity contribution in [2.24, 2.45) is 0 Å².